The van der Waals surface area contributed by atoms with E-state index >= 15 is 0 Å². The van der Waals surface area contributed by atoms with Crippen LogP contribution in [-0.2, 0) is 4.74 Å². The van der Waals surface area contributed by atoms with Crippen molar-refractivity contribution in [1.29, 1.82) is 0 Å². The van der Waals surface area contributed by atoms with Gasteiger partial charge in [-0.1, -0.05) is 52.5 Å². The highest BCUT2D eigenvalue weighted by molar-refractivity contribution is 6.49. The molecule has 0 spiro atoms. The van der Waals surface area contributed by atoms with Crippen LogP contribution in [0.25, 0.3) is 11.1 Å². The normalized spacial score (nSPS) is 10.4. The van der Waals surface area contributed by atoms with Crippen molar-refractivity contribution in [2.24, 2.45) is 0 Å². The van der Waals surface area contributed by atoms with Gasteiger partial charge in [0.2, 0.25) is 0 Å². The predicted molar refractivity (Wildman–Crippen MR) is 81.1 cm³/mol. The maximum atomic E-state index is 11.4. The average Bonchev–Trinajstić information content (AvgIpc) is 2.45. The van der Waals surface area contributed by atoms with E-state index in [0.717, 1.165) is 0 Å². The maximum absolute atomic E-state index is 11.4. The van der Waals surface area contributed by atoms with Crippen molar-refractivity contribution in [2.75, 3.05) is 7.11 Å². The fourth-order valence-electron chi connectivity index (χ4n) is 1.59. The van der Waals surface area contributed by atoms with E-state index in [-0.39, 0.29) is 20.9 Å². The lowest BCUT2D eigenvalue weighted by molar-refractivity contribution is 0.0594. The molecule has 3 nitrogen and oxygen atoms in total. The molecule has 104 valence electrons. The Hall–Kier alpha value is -1.000. The number of ether oxygens (including phenoxy) is 1. The van der Waals surface area contributed by atoms with Crippen LogP contribution in [0.1, 0.15) is 10.5 Å². The van der Waals surface area contributed by atoms with Crippen LogP contribution in [0.5, 0.6) is 0 Å². The Morgan fingerprint density at radius 3 is 2.25 bits per heavy atom. The van der Waals surface area contributed by atoms with Gasteiger partial charge in [0.25, 0.3) is 0 Å². The number of hydrogen-bond acceptors (Lipinski definition) is 3. The summed E-state index contributed by atoms with van der Waals surface area (Å²) in [6, 6.07) is 6.39. The summed E-state index contributed by atoms with van der Waals surface area (Å²) >= 11 is 24.1. The van der Waals surface area contributed by atoms with Crippen molar-refractivity contribution in [2.45, 2.75) is 0 Å². The quantitative estimate of drug-likeness (QED) is 0.427. The lowest BCUT2D eigenvalue weighted by atomic mass is 10.1. The molecule has 1 aromatic carbocycles. The monoisotopic (exact) mass is 349 g/mol. The Morgan fingerprint density at radius 2 is 1.65 bits per heavy atom. The molecule has 0 atom stereocenters. The molecule has 0 bridgehead atoms. The van der Waals surface area contributed by atoms with Gasteiger partial charge in [0.05, 0.1) is 22.2 Å². The van der Waals surface area contributed by atoms with Gasteiger partial charge in [0.1, 0.15) is 10.8 Å². The molecule has 2 aromatic rings. The Labute approximate surface area is 135 Å². The van der Waals surface area contributed by atoms with Gasteiger partial charge in [-0.25, -0.2) is 9.78 Å². The number of esters is 1. The molecule has 0 amide bonds. The van der Waals surface area contributed by atoms with Crippen LogP contribution in [0.15, 0.2) is 24.3 Å². The van der Waals surface area contributed by atoms with Crippen molar-refractivity contribution in [3.05, 3.63) is 50.2 Å². The van der Waals surface area contributed by atoms with Gasteiger partial charge in [-0.2, -0.15) is 0 Å². The first kappa shape index (κ1) is 15.4. The standard InChI is InChI=1S/C13H7Cl4NO2/c1-20-13(19)9-5-3-7(12(17)18-9)6-2-4-8(14)11(16)10(6)15/h2-5H,1H3. The molecule has 1 aromatic heterocycles. The van der Waals surface area contributed by atoms with E-state index < -0.39 is 5.97 Å². The Kier molecular flexibility index (Phi) is 4.76. The lowest BCUT2D eigenvalue weighted by Crippen LogP contribution is -2.04. The number of hydrogen-bond donors (Lipinski definition) is 0. The molecule has 7 heteroatoms. The molecule has 0 radical (unpaired) electrons. The van der Waals surface area contributed by atoms with Gasteiger partial charge in [0, 0.05) is 11.1 Å². The molecule has 0 saturated heterocycles. The van der Waals surface area contributed by atoms with Crippen LogP contribution in [0, 0.1) is 0 Å². The van der Waals surface area contributed by atoms with Crippen LogP contribution >= 0.6 is 46.4 Å². The summed E-state index contributed by atoms with van der Waals surface area (Å²) < 4.78 is 4.57. The van der Waals surface area contributed by atoms with E-state index in [1.807, 2.05) is 0 Å². The number of rotatable bonds is 2. The Bertz CT molecular complexity index is 688. The highest BCUT2D eigenvalue weighted by Gasteiger charge is 2.16. The second-order valence-corrected chi connectivity index (χ2v) is 5.27. The van der Waals surface area contributed by atoms with Crippen LogP contribution in [0.2, 0.25) is 20.2 Å². The average molecular weight is 351 g/mol. The number of halogens is 4. The van der Waals surface area contributed by atoms with Crippen molar-refractivity contribution in [3.8, 4) is 11.1 Å². The fraction of sp³-hybridized carbons (Fsp3) is 0.0769. The van der Waals surface area contributed by atoms with E-state index in [4.69, 9.17) is 46.4 Å². The fourth-order valence-corrected chi connectivity index (χ4v) is 2.48. The van der Waals surface area contributed by atoms with E-state index in [2.05, 4.69) is 9.72 Å². The van der Waals surface area contributed by atoms with E-state index in [1.165, 1.54) is 13.2 Å². The van der Waals surface area contributed by atoms with Gasteiger partial charge in [-0.05, 0) is 18.2 Å². The molecule has 2 rings (SSSR count). The van der Waals surface area contributed by atoms with Gasteiger partial charge < -0.3 is 4.74 Å². The molecule has 0 unspecified atom stereocenters. The first-order chi connectivity index (χ1) is 9.45. The predicted octanol–water partition coefficient (Wildman–Crippen LogP) is 5.15. The van der Waals surface area contributed by atoms with Gasteiger partial charge in [-0.3, -0.25) is 0 Å². The minimum atomic E-state index is -0.571. The first-order valence-corrected chi connectivity index (χ1v) is 6.85. The molecular formula is C13H7Cl4NO2. The topological polar surface area (TPSA) is 39.2 Å². The summed E-state index contributed by atoms with van der Waals surface area (Å²) in [5.74, 6) is -0.571. The van der Waals surface area contributed by atoms with Crippen LogP contribution in [0.3, 0.4) is 0 Å². The first-order valence-electron chi connectivity index (χ1n) is 5.34. The van der Waals surface area contributed by atoms with Crippen LogP contribution in [-0.4, -0.2) is 18.1 Å². The molecule has 0 fully saturated rings. The summed E-state index contributed by atoms with van der Waals surface area (Å²) in [5.41, 5.74) is 1.23. The van der Waals surface area contributed by atoms with Crippen LogP contribution < -0.4 is 0 Å². The zero-order valence-corrected chi connectivity index (χ0v) is 13.1. The Balaban J connectivity index is 2.55. The number of aromatic nitrogens is 1. The minimum absolute atomic E-state index is 0.109. The third-order valence-electron chi connectivity index (χ3n) is 2.57. The molecular weight excluding hydrogens is 344 g/mol. The highest BCUT2D eigenvalue weighted by atomic mass is 35.5. The highest BCUT2D eigenvalue weighted by Crippen LogP contribution is 2.39. The maximum Gasteiger partial charge on any atom is 0.356 e. The van der Waals surface area contributed by atoms with Gasteiger partial charge in [0.15, 0.2) is 0 Å². The van der Waals surface area contributed by atoms with Crippen molar-refractivity contribution >= 4 is 52.4 Å². The third kappa shape index (κ3) is 2.86. The molecule has 0 N–H and O–H groups in total. The molecule has 1 heterocycles. The van der Waals surface area contributed by atoms with Crippen molar-refractivity contribution < 1.29 is 9.53 Å². The molecule has 20 heavy (non-hydrogen) atoms. The SMILES string of the molecule is COC(=O)c1ccc(-c2ccc(Cl)c(Cl)c2Cl)c(Cl)n1. The summed E-state index contributed by atoms with van der Waals surface area (Å²) in [6.45, 7) is 0. The van der Waals surface area contributed by atoms with E-state index in [1.54, 1.807) is 18.2 Å². The summed E-state index contributed by atoms with van der Waals surface area (Å²) in [6.07, 6.45) is 0. The number of benzene rings is 1. The van der Waals surface area contributed by atoms with E-state index in [9.17, 15) is 4.79 Å². The molecule has 0 saturated carbocycles. The Morgan fingerprint density at radius 1 is 1.00 bits per heavy atom. The van der Waals surface area contributed by atoms with Crippen molar-refractivity contribution in [1.82, 2.24) is 4.98 Å². The number of methoxy groups -OCH3 is 1. The third-order valence-corrected chi connectivity index (χ3v) is 4.15. The summed E-state index contributed by atoms with van der Waals surface area (Å²) in [5, 5.41) is 0.969. The summed E-state index contributed by atoms with van der Waals surface area (Å²) in [7, 11) is 1.27. The smallest absolute Gasteiger partial charge is 0.356 e. The van der Waals surface area contributed by atoms with Gasteiger partial charge >= 0.3 is 5.97 Å². The summed E-state index contributed by atoms with van der Waals surface area (Å²) in [4.78, 5) is 15.3. The van der Waals surface area contributed by atoms with Gasteiger partial charge in [-0.15, -0.1) is 0 Å². The number of pyridine rings is 1. The second-order valence-electron chi connectivity index (χ2n) is 3.75. The molecule has 0 aliphatic rings. The van der Waals surface area contributed by atoms with Crippen LogP contribution in [0.4, 0.5) is 0 Å². The van der Waals surface area contributed by atoms with E-state index in [0.29, 0.717) is 16.1 Å². The zero-order chi connectivity index (χ0) is 14.9. The lowest BCUT2D eigenvalue weighted by Gasteiger charge is -2.09. The molecule has 0 aliphatic heterocycles. The van der Waals surface area contributed by atoms with Crippen molar-refractivity contribution in [3.63, 3.8) is 0 Å². The zero-order valence-electron chi connectivity index (χ0n) is 10.1. The number of nitrogens with zero attached hydrogens (tertiary/aromatic N) is 1. The largest absolute Gasteiger partial charge is 0.464 e. The number of carbonyl (C=O) groups excluding carboxylic acids is 1. The molecule has 0 aliphatic carbocycles. The minimum Gasteiger partial charge on any atom is -0.464 e. The second kappa shape index (κ2) is 6.19. The number of carbonyl (C=O) groups is 1.